The van der Waals surface area contributed by atoms with Crippen molar-refractivity contribution in [2.24, 2.45) is 0 Å². The van der Waals surface area contributed by atoms with Gasteiger partial charge in [-0.15, -0.1) is 0 Å². The minimum absolute atomic E-state index is 0.0765. The maximum Gasteiger partial charge on any atom is 0.244 e. The SMILES string of the molecule is CC(=O)NCCNC(=O)C1CNc2ccccc2N1. The molecular formula is C13H18N4O2. The van der Waals surface area contributed by atoms with Gasteiger partial charge in [0.05, 0.1) is 11.4 Å². The molecule has 6 nitrogen and oxygen atoms in total. The molecule has 0 aliphatic carbocycles. The predicted molar refractivity (Wildman–Crippen MR) is 74.0 cm³/mol. The lowest BCUT2D eigenvalue weighted by atomic mass is 10.1. The van der Waals surface area contributed by atoms with E-state index in [1.807, 2.05) is 24.3 Å². The summed E-state index contributed by atoms with van der Waals surface area (Å²) in [4.78, 5) is 22.6. The third kappa shape index (κ3) is 3.61. The van der Waals surface area contributed by atoms with Crippen LogP contribution in [0.1, 0.15) is 6.92 Å². The summed E-state index contributed by atoms with van der Waals surface area (Å²) in [6.45, 7) is 2.87. The first kappa shape index (κ1) is 13.2. The fraction of sp³-hybridized carbons (Fsp3) is 0.385. The molecule has 2 amide bonds. The van der Waals surface area contributed by atoms with E-state index in [0.717, 1.165) is 11.4 Å². The van der Waals surface area contributed by atoms with Crippen molar-refractivity contribution < 1.29 is 9.59 Å². The molecule has 1 aliphatic heterocycles. The van der Waals surface area contributed by atoms with Gasteiger partial charge in [0.15, 0.2) is 0 Å². The van der Waals surface area contributed by atoms with E-state index in [0.29, 0.717) is 19.6 Å². The molecule has 1 heterocycles. The lowest BCUT2D eigenvalue weighted by Crippen LogP contribution is -2.47. The van der Waals surface area contributed by atoms with Crippen LogP contribution in [0.5, 0.6) is 0 Å². The van der Waals surface area contributed by atoms with E-state index < -0.39 is 0 Å². The molecule has 0 bridgehead atoms. The Morgan fingerprint density at radius 3 is 2.63 bits per heavy atom. The molecule has 19 heavy (non-hydrogen) atoms. The van der Waals surface area contributed by atoms with Crippen molar-refractivity contribution in [3.8, 4) is 0 Å². The van der Waals surface area contributed by atoms with E-state index >= 15 is 0 Å². The van der Waals surface area contributed by atoms with Gasteiger partial charge in [-0.1, -0.05) is 12.1 Å². The van der Waals surface area contributed by atoms with Gasteiger partial charge >= 0.3 is 0 Å². The molecule has 0 radical (unpaired) electrons. The second kappa shape index (κ2) is 6.08. The lowest BCUT2D eigenvalue weighted by Gasteiger charge is -2.27. The first-order chi connectivity index (χ1) is 9.16. The standard InChI is InChI=1S/C13H18N4O2/c1-9(18)14-6-7-15-13(19)12-8-16-10-4-2-3-5-11(10)17-12/h2-5,12,16-17H,6-8H2,1H3,(H,14,18)(H,15,19). The minimum atomic E-state index is -0.299. The first-order valence-corrected chi connectivity index (χ1v) is 6.28. The molecule has 0 saturated carbocycles. The summed E-state index contributed by atoms with van der Waals surface area (Å²) in [6.07, 6.45) is 0. The van der Waals surface area contributed by atoms with Crippen molar-refractivity contribution in [3.05, 3.63) is 24.3 Å². The molecule has 0 spiro atoms. The number of amides is 2. The normalized spacial score (nSPS) is 16.6. The van der Waals surface area contributed by atoms with Crippen LogP contribution in [0.3, 0.4) is 0 Å². The Kier molecular flexibility index (Phi) is 4.22. The van der Waals surface area contributed by atoms with Gasteiger partial charge in [0, 0.05) is 26.6 Å². The van der Waals surface area contributed by atoms with E-state index in [1.165, 1.54) is 6.92 Å². The zero-order chi connectivity index (χ0) is 13.7. The number of hydrogen-bond donors (Lipinski definition) is 4. The van der Waals surface area contributed by atoms with Crippen molar-refractivity contribution in [2.45, 2.75) is 13.0 Å². The molecule has 1 unspecified atom stereocenters. The summed E-state index contributed by atoms with van der Waals surface area (Å²) in [5.41, 5.74) is 1.93. The maximum absolute atomic E-state index is 11.9. The van der Waals surface area contributed by atoms with Gasteiger partial charge in [-0.3, -0.25) is 9.59 Å². The number of rotatable bonds is 4. The fourth-order valence-electron chi connectivity index (χ4n) is 1.92. The molecule has 0 fully saturated rings. The molecule has 1 aromatic carbocycles. The van der Waals surface area contributed by atoms with Gasteiger partial charge in [0.2, 0.25) is 11.8 Å². The molecule has 6 heteroatoms. The van der Waals surface area contributed by atoms with Crippen molar-refractivity contribution in [1.29, 1.82) is 0 Å². The van der Waals surface area contributed by atoms with Crippen molar-refractivity contribution >= 4 is 23.2 Å². The number of nitrogens with one attached hydrogen (secondary N) is 4. The monoisotopic (exact) mass is 262 g/mol. The van der Waals surface area contributed by atoms with Gasteiger partial charge in [0.1, 0.15) is 6.04 Å². The minimum Gasteiger partial charge on any atom is -0.381 e. The van der Waals surface area contributed by atoms with Gasteiger partial charge in [0.25, 0.3) is 0 Å². The second-order valence-corrected chi connectivity index (χ2v) is 4.40. The summed E-state index contributed by atoms with van der Waals surface area (Å²) in [7, 11) is 0. The van der Waals surface area contributed by atoms with Crippen LogP contribution in [-0.4, -0.2) is 37.5 Å². The van der Waals surface area contributed by atoms with Crippen LogP contribution in [-0.2, 0) is 9.59 Å². The van der Waals surface area contributed by atoms with Crippen LogP contribution >= 0.6 is 0 Å². The Labute approximate surface area is 112 Å². The van der Waals surface area contributed by atoms with E-state index in [2.05, 4.69) is 21.3 Å². The molecule has 0 aromatic heterocycles. The Bertz CT molecular complexity index is 475. The molecule has 1 atom stereocenters. The Hall–Kier alpha value is -2.24. The number of carbonyl (C=O) groups is 2. The van der Waals surface area contributed by atoms with Gasteiger partial charge in [-0.25, -0.2) is 0 Å². The zero-order valence-corrected chi connectivity index (χ0v) is 10.8. The zero-order valence-electron chi connectivity index (χ0n) is 10.8. The Morgan fingerprint density at radius 1 is 1.21 bits per heavy atom. The molecule has 1 aromatic rings. The molecule has 102 valence electrons. The molecule has 1 aliphatic rings. The van der Waals surface area contributed by atoms with Crippen molar-refractivity contribution in [1.82, 2.24) is 10.6 Å². The van der Waals surface area contributed by atoms with E-state index in [4.69, 9.17) is 0 Å². The number of fused-ring (bicyclic) bond motifs is 1. The first-order valence-electron chi connectivity index (χ1n) is 6.28. The van der Waals surface area contributed by atoms with Crippen LogP contribution < -0.4 is 21.3 Å². The molecular weight excluding hydrogens is 244 g/mol. The van der Waals surface area contributed by atoms with Crippen LogP contribution in [0, 0.1) is 0 Å². The summed E-state index contributed by atoms with van der Waals surface area (Å²) in [5.74, 6) is -0.173. The average Bonchev–Trinajstić information content (AvgIpc) is 2.42. The quantitative estimate of drug-likeness (QED) is 0.582. The highest BCUT2D eigenvalue weighted by Gasteiger charge is 2.22. The van der Waals surface area contributed by atoms with Crippen LogP contribution in [0.2, 0.25) is 0 Å². The summed E-state index contributed by atoms with van der Waals surface area (Å²) >= 11 is 0. The van der Waals surface area contributed by atoms with Gasteiger partial charge in [-0.2, -0.15) is 0 Å². The maximum atomic E-state index is 11.9. The predicted octanol–water partition coefficient (Wildman–Crippen LogP) is 0.145. The van der Waals surface area contributed by atoms with Crippen LogP contribution in [0.4, 0.5) is 11.4 Å². The highest BCUT2D eigenvalue weighted by atomic mass is 16.2. The molecule has 0 saturated heterocycles. The Balaban J connectivity index is 1.80. The van der Waals surface area contributed by atoms with Crippen molar-refractivity contribution in [2.75, 3.05) is 30.3 Å². The molecule has 4 N–H and O–H groups in total. The van der Waals surface area contributed by atoms with Crippen LogP contribution in [0.15, 0.2) is 24.3 Å². The van der Waals surface area contributed by atoms with E-state index in [-0.39, 0.29) is 17.9 Å². The summed E-state index contributed by atoms with van der Waals surface area (Å²) < 4.78 is 0. The summed E-state index contributed by atoms with van der Waals surface area (Å²) in [6, 6.07) is 7.46. The van der Waals surface area contributed by atoms with Gasteiger partial charge < -0.3 is 21.3 Å². The Morgan fingerprint density at radius 2 is 1.89 bits per heavy atom. The number of para-hydroxylation sites is 2. The number of carbonyl (C=O) groups excluding carboxylic acids is 2. The number of hydrogen-bond acceptors (Lipinski definition) is 4. The fourth-order valence-corrected chi connectivity index (χ4v) is 1.92. The number of anilines is 2. The second-order valence-electron chi connectivity index (χ2n) is 4.40. The van der Waals surface area contributed by atoms with E-state index in [1.54, 1.807) is 0 Å². The lowest BCUT2D eigenvalue weighted by molar-refractivity contribution is -0.122. The average molecular weight is 262 g/mol. The molecule has 2 rings (SSSR count). The van der Waals surface area contributed by atoms with E-state index in [9.17, 15) is 9.59 Å². The van der Waals surface area contributed by atoms with Gasteiger partial charge in [-0.05, 0) is 12.1 Å². The van der Waals surface area contributed by atoms with Crippen molar-refractivity contribution in [3.63, 3.8) is 0 Å². The smallest absolute Gasteiger partial charge is 0.244 e. The summed E-state index contributed by atoms with van der Waals surface area (Å²) in [5, 5.41) is 11.8. The van der Waals surface area contributed by atoms with Crippen LogP contribution in [0.25, 0.3) is 0 Å². The number of benzene rings is 1. The third-order valence-corrected chi connectivity index (χ3v) is 2.87. The third-order valence-electron chi connectivity index (χ3n) is 2.87. The highest BCUT2D eigenvalue weighted by Crippen LogP contribution is 2.24. The topological polar surface area (TPSA) is 82.3 Å². The highest BCUT2D eigenvalue weighted by molar-refractivity contribution is 5.88. The largest absolute Gasteiger partial charge is 0.381 e.